The predicted molar refractivity (Wildman–Crippen MR) is 112 cm³/mol. The molecule has 1 saturated heterocycles. The Kier molecular flexibility index (Phi) is 10.1. The van der Waals surface area contributed by atoms with Crippen LogP contribution in [0.25, 0.3) is 0 Å². The molecule has 25 heavy (non-hydrogen) atoms. The van der Waals surface area contributed by atoms with E-state index in [-0.39, 0.29) is 36.3 Å². The van der Waals surface area contributed by atoms with Crippen LogP contribution in [-0.4, -0.2) is 52.5 Å². The average Bonchev–Trinajstić information content (AvgIpc) is 3.10. The fourth-order valence-corrected chi connectivity index (χ4v) is 5.25. The van der Waals surface area contributed by atoms with Gasteiger partial charge < -0.3 is 11.1 Å². The van der Waals surface area contributed by atoms with Gasteiger partial charge in [-0.25, -0.2) is 4.98 Å². The van der Waals surface area contributed by atoms with Gasteiger partial charge in [-0.3, -0.25) is 9.69 Å². The fraction of sp³-hybridized carbons (Fsp3) is 0.750. The summed E-state index contributed by atoms with van der Waals surface area (Å²) in [6, 6.07) is 0. The van der Waals surface area contributed by atoms with E-state index in [1.165, 1.54) is 54.9 Å². The van der Waals surface area contributed by atoms with E-state index in [0.29, 0.717) is 12.2 Å². The van der Waals surface area contributed by atoms with Crippen molar-refractivity contribution in [1.82, 2.24) is 15.2 Å². The largest absolute Gasteiger partial charge is 0.349 e. The highest BCUT2D eigenvalue weighted by Gasteiger charge is 2.38. The zero-order chi connectivity index (χ0) is 16.1. The summed E-state index contributed by atoms with van der Waals surface area (Å²) in [5.74, 6) is 2.36. The third-order valence-electron chi connectivity index (χ3n) is 5.00. The molecule has 2 fully saturated rings. The lowest BCUT2D eigenvalue weighted by molar-refractivity contribution is 0.0547. The molecule has 1 aliphatic heterocycles. The van der Waals surface area contributed by atoms with Crippen molar-refractivity contribution in [2.75, 3.05) is 31.1 Å². The predicted octanol–water partition coefficient (Wildman–Crippen LogP) is 2.93. The Morgan fingerprint density at radius 3 is 2.52 bits per heavy atom. The molecule has 1 amide bonds. The van der Waals surface area contributed by atoms with Crippen LogP contribution in [-0.2, 0) is 6.54 Å². The van der Waals surface area contributed by atoms with Crippen molar-refractivity contribution in [3.05, 3.63) is 16.1 Å². The molecule has 0 unspecified atom stereocenters. The Hall–Kier alpha value is -0.0500. The Bertz CT molecular complexity index is 532. The van der Waals surface area contributed by atoms with E-state index < -0.39 is 0 Å². The summed E-state index contributed by atoms with van der Waals surface area (Å²) in [7, 11) is 0. The minimum Gasteiger partial charge on any atom is -0.349 e. The molecule has 2 aliphatic rings. The van der Waals surface area contributed by atoms with Gasteiger partial charge in [0.25, 0.3) is 5.91 Å². The molecule has 0 bridgehead atoms. The number of hydrogen-bond acceptors (Lipinski definition) is 6. The number of thioether (sulfide) groups is 1. The molecule has 5 nitrogen and oxygen atoms in total. The molecule has 0 atom stereocenters. The van der Waals surface area contributed by atoms with Crippen molar-refractivity contribution < 1.29 is 4.79 Å². The molecule has 3 N–H and O–H groups in total. The van der Waals surface area contributed by atoms with Gasteiger partial charge in [-0.05, 0) is 12.8 Å². The number of nitrogens with one attached hydrogen (secondary N) is 1. The molecule has 1 aliphatic carbocycles. The molecule has 0 spiro atoms. The first kappa shape index (κ1) is 23.0. The van der Waals surface area contributed by atoms with Crippen molar-refractivity contribution in [2.45, 2.75) is 44.2 Å². The summed E-state index contributed by atoms with van der Waals surface area (Å²) in [5.41, 5.74) is 6.24. The average molecular weight is 427 g/mol. The summed E-state index contributed by atoms with van der Waals surface area (Å²) in [5, 5.41) is 5.78. The van der Waals surface area contributed by atoms with Gasteiger partial charge in [-0.2, -0.15) is 11.8 Å². The van der Waals surface area contributed by atoms with Crippen LogP contribution >= 0.6 is 47.9 Å². The van der Waals surface area contributed by atoms with Gasteiger partial charge in [0.15, 0.2) is 0 Å². The topological polar surface area (TPSA) is 71.2 Å². The lowest BCUT2D eigenvalue weighted by Gasteiger charge is -2.48. The van der Waals surface area contributed by atoms with Gasteiger partial charge in [0.05, 0.1) is 0 Å². The molecule has 1 aromatic rings. The van der Waals surface area contributed by atoms with Crippen LogP contribution in [0.5, 0.6) is 0 Å². The highest BCUT2D eigenvalue weighted by atomic mass is 35.5. The highest BCUT2D eigenvalue weighted by molar-refractivity contribution is 7.99. The minimum atomic E-state index is -0.0581. The lowest BCUT2D eigenvalue weighted by Crippen LogP contribution is -2.58. The molecule has 3 rings (SSSR count). The number of thiazole rings is 1. The Morgan fingerprint density at radius 1 is 1.24 bits per heavy atom. The first-order valence-electron chi connectivity index (χ1n) is 8.49. The Balaban J connectivity index is 0.00000156. The zero-order valence-corrected chi connectivity index (χ0v) is 17.6. The summed E-state index contributed by atoms with van der Waals surface area (Å²) < 4.78 is 0. The lowest BCUT2D eigenvalue weighted by atomic mass is 9.80. The molecule has 144 valence electrons. The van der Waals surface area contributed by atoms with Crippen LogP contribution in [0, 0.1) is 0 Å². The third-order valence-corrected chi connectivity index (χ3v) is 6.82. The molecule has 9 heteroatoms. The minimum absolute atomic E-state index is 0. The summed E-state index contributed by atoms with van der Waals surface area (Å²) in [6.07, 6.45) is 6.26. The number of amides is 1. The maximum absolute atomic E-state index is 12.4. The maximum atomic E-state index is 12.4. The molecule has 1 aromatic heterocycles. The summed E-state index contributed by atoms with van der Waals surface area (Å²) in [4.78, 5) is 19.3. The van der Waals surface area contributed by atoms with Crippen LogP contribution in [0.2, 0.25) is 0 Å². The van der Waals surface area contributed by atoms with Crippen molar-refractivity contribution in [1.29, 1.82) is 0 Å². The standard InChI is InChI=1S/C16H26N4OS2.2ClH/c17-10-14-19-13(11-23-14)15(21)18-12-16(4-2-1-3-5-16)20-6-8-22-9-7-20;;/h11H,1-10,12,17H2,(H,18,21);2*1H. The van der Waals surface area contributed by atoms with E-state index in [1.54, 1.807) is 0 Å². The third kappa shape index (κ3) is 5.71. The fourth-order valence-electron chi connectivity index (χ4n) is 3.70. The first-order valence-corrected chi connectivity index (χ1v) is 10.5. The van der Waals surface area contributed by atoms with Crippen LogP contribution in [0.3, 0.4) is 0 Å². The second-order valence-electron chi connectivity index (χ2n) is 6.40. The second kappa shape index (κ2) is 10.9. The van der Waals surface area contributed by atoms with Crippen LogP contribution in [0.4, 0.5) is 0 Å². The summed E-state index contributed by atoms with van der Waals surface area (Å²) in [6.45, 7) is 3.43. The number of nitrogens with zero attached hydrogens (tertiary/aromatic N) is 2. The molecule has 2 heterocycles. The quantitative estimate of drug-likeness (QED) is 0.756. The highest BCUT2D eigenvalue weighted by Crippen LogP contribution is 2.34. The number of aromatic nitrogens is 1. The van der Waals surface area contributed by atoms with Crippen LogP contribution < -0.4 is 11.1 Å². The monoisotopic (exact) mass is 426 g/mol. The zero-order valence-electron chi connectivity index (χ0n) is 14.4. The maximum Gasteiger partial charge on any atom is 0.270 e. The number of carbonyl (C=O) groups is 1. The van der Waals surface area contributed by atoms with Crippen molar-refractivity contribution in [2.24, 2.45) is 5.73 Å². The van der Waals surface area contributed by atoms with Crippen molar-refractivity contribution >= 4 is 53.8 Å². The number of halogens is 2. The van der Waals surface area contributed by atoms with Crippen molar-refractivity contribution in [3.63, 3.8) is 0 Å². The van der Waals surface area contributed by atoms with Crippen molar-refractivity contribution in [3.8, 4) is 0 Å². The smallest absolute Gasteiger partial charge is 0.270 e. The molecule has 0 radical (unpaired) electrons. The van der Waals surface area contributed by atoms with Gasteiger partial charge >= 0.3 is 0 Å². The molecular weight excluding hydrogens is 399 g/mol. The molecular formula is C16H28Cl2N4OS2. The van der Waals surface area contributed by atoms with E-state index in [4.69, 9.17) is 5.73 Å². The van der Waals surface area contributed by atoms with E-state index in [0.717, 1.165) is 24.6 Å². The number of nitrogens with two attached hydrogens (primary N) is 1. The SMILES string of the molecule is Cl.Cl.NCc1nc(C(=O)NCC2(N3CCSCC3)CCCCC2)cs1. The van der Waals surface area contributed by atoms with Gasteiger partial charge in [0.2, 0.25) is 0 Å². The van der Waals surface area contributed by atoms with Gasteiger partial charge in [0.1, 0.15) is 10.7 Å². The first-order chi connectivity index (χ1) is 11.2. The Labute approximate surface area is 170 Å². The number of rotatable bonds is 5. The van der Waals surface area contributed by atoms with Gasteiger partial charge in [0, 0.05) is 48.6 Å². The van der Waals surface area contributed by atoms with Gasteiger partial charge in [-0.15, -0.1) is 36.2 Å². The van der Waals surface area contributed by atoms with E-state index in [1.807, 2.05) is 17.1 Å². The van der Waals surface area contributed by atoms with E-state index >= 15 is 0 Å². The number of carbonyl (C=O) groups excluding carboxylic acids is 1. The summed E-state index contributed by atoms with van der Waals surface area (Å²) >= 11 is 3.49. The van der Waals surface area contributed by atoms with Crippen LogP contribution in [0.15, 0.2) is 5.38 Å². The number of hydrogen-bond donors (Lipinski definition) is 2. The second-order valence-corrected chi connectivity index (χ2v) is 8.57. The van der Waals surface area contributed by atoms with E-state index in [2.05, 4.69) is 15.2 Å². The van der Waals surface area contributed by atoms with Crippen LogP contribution in [0.1, 0.15) is 47.6 Å². The Morgan fingerprint density at radius 2 is 1.92 bits per heavy atom. The molecule has 1 saturated carbocycles. The normalized spacial score (nSPS) is 20.2. The molecule has 0 aromatic carbocycles. The van der Waals surface area contributed by atoms with E-state index in [9.17, 15) is 4.79 Å². The van der Waals surface area contributed by atoms with Gasteiger partial charge in [-0.1, -0.05) is 19.3 Å².